The average Bonchev–Trinajstić information content (AvgIpc) is 2.70. The summed E-state index contributed by atoms with van der Waals surface area (Å²) >= 11 is 0. The molecule has 1 amide bonds. The van der Waals surface area contributed by atoms with E-state index in [0.717, 1.165) is 5.69 Å². The van der Waals surface area contributed by atoms with E-state index in [9.17, 15) is 9.59 Å². The van der Waals surface area contributed by atoms with Gasteiger partial charge in [-0.25, -0.2) is 0 Å². The second-order valence-electron chi connectivity index (χ2n) is 5.62. The maximum absolute atomic E-state index is 12.2. The van der Waals surface area contributed by atoms with Crippen LogP contribution in [0.2, 0.25) is 0 Å². The van der Waals surface area contributed by atoms with Crippen LogP contribution < -0.4 is 5.32 Å². The van der Waals surface area contributed by atoms with Gasteiger partial charge in [-0.15, -0.1) is 0 Å². The van der Waals surface area contributed by atoms with E-state index in [2.05, 4.69) is 10.4 Å². The number of nitrogens with one attached hydrogen (secondary N) is 1. The summed E-state index contributed by atoms with van der Waals surface area (Å²) in [5, 5.41) is 16.1. The highest BCUT2D eigenvalue weighted by Gasteiger charge is 2.65. The fourth-order valence-electron chi connectivity index (χ4n) is 2.70. The summed E-state index contributed by atoms with van der Waals surface area (Å²) in [7, 11) is 1.79. The number of carbonyl (C=O) groups is 2. The molecule has 2 rings (SSSR count). The molecule has 1 saturated carbocycles. The van der Waals surface area contributed by atoms with Gasteiger partial charge in [-0.05, 0) is 11.8 Å². The molecule has 1 aliphatic carbocycles. The molecule has 1 aromatic heterocycles. The molecule has 1 heterocycles. The summed E-state index contributed by atoms with van der Waals surface area (Å²) in [6.07, 6.45) is 2.45. The van der Waals surface area contributed by atoms with Crippen LogP contribution in [0.1, 0.15) is 26.5 Å². The summed E-state index contributed by atoms with van der Waals surface area (Å²) in [4.78, 5) is 23.2. The number of rotatable bonds is 4. The van der Waals surface area contributed by atoms with Gasteiger partial charge in [0.15, 0.2) is 0 Å². The highest BCUT2D eigenvalue weighted by Crippen LogP contribution is 2.58. The summed E-state index contributed by atoms with van der Waals surface area (Å²) < 4.78 is 1.64. The first-order valence-electron chi connectivity index (χ1n) is 6.35. The zero-order valence-corrected chi connectivity index (χ0v) is 11.6. The van der Waals surface area contributed by atoms with Crippen molar-refractivity contribution in [3.63, 3.8) is 0 Å². The number of carboxylic acids is 1. The molecular formula is C13H19N3O3. The maximum Gasteiger partial charge on any atom is 0.307 e. The molecule has 0 radical (unpaired) electrons. The largest absolute Gasteiger partial charge is 0.481 e. The number of aliphatic carboxylic acids is 1. The van der Waals surface area contributed by atoms with Crippen LogP contribution >= 0.6 is 0 Å². The van der Waals surface area contributed by atoms with E-state index >= 15 is 0 Å². The van der Waals surface area contributed by atoms with Crippen molar-refractivity contribution in [1.82, 2.24) is 9.78 Å². The quantitative estimate of drug-likeness (QED) is 0.858. The first-order chi connectivity index (χ1) is 8.78. The van der Waals surface area contributed by atoms with Gasteiger partial charge in [-0.1, -0.05) is 20.8 Å². The topological polar surface area (TPSA) is 84.2 Å². The molecule has 0 unspecified atom stereocenters. The van der Waals surface area contributed by atoms with Crippen LogP contribution in [0.15, 0.2) is 6.20 Å². The minimum absolute atomic E-state index is 0.236. The van der Waals surface area contributed by atoms with Crippen molar-refractivity contribution >= 4 is 17.6 Å². The maximum atomic E-state index is 12.2. The van der Waals surface area contributed by atoms with Crippen molar-refractivity contribution in [2.45, 2.75) is 27.2 Å². The smallest absolute Gasteiger partial charge is 0.307 e. The van der Waals surface area contributed by atoms with Crippen molar-refractivity contribution < 1.29 is 14.7 Å². The van der Waals surface area contributed by atoms with Gasteiger partial charge in [0, 0.05) is 13.2 Å². The van der Waals surface area contributed by atoms with Crippen LogP contribution in [0.3, 0.4) is 0 Å². The fourth-order valence-corrected chi connectivity index (χ4v) is 2.70. The molecule has 0 aliphatic heterocycles. The van der Waals surface area contributed by atoms with Gasteiger partial charge < -0.3 is 10.4 Å². The molecule has 0 spiro atoms. The third-order valence-corrected chi connectivity index (χ3v) is 3.87. The third-order valence-electron chi connectivity index (χ3n) is 3.87. The molecule has 1 aromatic rings. The molecule has 6 nitrogen and oxygen atoms in total. The van der Waals surface area contributed by atoms with Crippen LogP contribution in [-0.2, 0) is 23.1 Å². The third kappa shape index (κ3) is 2.22. The van der Waals surface area contributed by atoms with E-state index in [4.69, 9.17) is 5.11 Å². The van der Waals surface area contributed by atoms with Crippen molar-refractivity contribution in [3.05, 3.63) is 11.9 Å². The lowest BCUT2D eigenvalue weighted by Gasteiger charge is -2.05. The minimum atomic E-state index is -0.910. The number of hydrogen-bond acceptors (Lipinski definition) is 3. The number of carbonyl (C=O) groups excluding carboxylic acids is 1. The molecule has 104 valence electrons. The number of nitrogens with zero attached hydrogens (tertiary/aromatic N) is 2. The lowest BCUT2D eigenvalue weighted by molar-refractivity contribution is -0.140. The molecule has 2 N–H and O–H groups in total. The Morgan fingerprint density at radius 1 is 1.47 bits per heavy atom. The van der Waals surface area contributed by atoms with Crippen molar-refractivity contribution in [1.29, 1.82) is 0 Å². The minimum Gasteiger partial charge on any atom is -0.481 e. The normalized spacial score (nSPS) is 24.0. The van der Waals surface area contributed by atoms with E-state index in [0.29, 0.717) is 12.1 Å². The summed E-state index contributed by atoms with van der Waals surface area (Å²) in [5.74, 6) is -2.23. The van der Waals surface area contributed by atoms with Crippen LogP contribution in [0.5, 0.6) is 0 Å². The van der Waals surface area contributed by atoms with Gasteiger partial charge in [0.2, 0.25) is 5.91 Å². The standard InChI is InChI=1S/C13H19N3O3/c1-5-7-8(6-16(4)15-7)14-11(17)9-10(12(18)19)13(9,2)3/h6,9-10H,5H2,1-4H3,(H,14,17)(H,18,19)/t9-,10+/m0/s1. The average molecular weight is 265 g/mol. The Morgan fingerprint density at radius 3 is 2.58 bits per heavy atom. The molecule has 0 saturated heterocycles. The van der Waals surface area contributed by atoms with Gasteiger partial charge in [-0.2, -0.15) is 5.10 Å². The van der Waals surface area contributed by atoms with Gasteiger partial charge in [0.05, 0.1) is 23.2 Å². The second kappa shape index (κ2) is 4.36. The molecule has 1 aliphatic rings. The summed E-state index contributed by atoms with van der Waals surface area (Å²) in [6, 6.07) is 0. The van der Waals surface area contributed by atoms with Crippen LogP contribution in [-0.4, -0.2) is 26.8 Å². The first-order valence-corrected chi connectivity index (χ1v) is 6.35. The van der Waals surface area contributed by atoms with E-state index in [-0.39, 0.29) is 5.91 Å². The van der Waals surface area contributed by atoms with Gasteiger partial charge in [0.25, 0.3) is 0 Å². The van der Waals surface area contributed by atoms with Gasteiger partial charge in [-0.3, -0.25) is 14.3 Å². The second-order valence-corrected chi connectivity index (χ2v) is 5.62. The van der Waals surface area contributed by atoms with E-state index < -0.39 is 23.2 Å². The Labute approximate surface area is 111 Å². The molecule has 2 atom stereocenters. The first kappa shape index (κ1) is 13.6. The number of carboxylic acid groups (broad SMARTS) is 1. The van der Waals surface area contributed by atoms with Crippen LogP contribution in [0, 0.1) is 17.3 Å². The molecule has 6 heteroatoms. The monoisotopic (exact) mass is 265 g/mol. The van der Waals surface area contributed by atoms with Crippen LogP contribution in [0.4, 0.5) is 5.69 Å². The molecule has 1 fully saturated rings. The Morgan fingerprint density at radius 2 is 2.11 bits per heavy atom. The molecule has 0 aromatic carbocycles. The molecule has 19 heavy (non-hydrogen) atoms. The Kier molecular flexibility index (Phi) is 3.12. The zero-order chi connectivity index (χ0) is 14.4. The predicted molar refractivity (Wildman–Crippen MR) is 69.6 cm³/mol. The fraction of sp³-hybridized carbons (Fsp3) is 0.615. The number of anilines is 1. The molecular weight excluding hydrogens is 246 g/mol. The Balaban J connectivity index is 2.12. The van der Waals surface area contributed by atoms with E-state index in [1.54, 1.807) is 31.8 Å². The van der Waals surface area contributed by atoms with E-state index in [1.807, 2.05) is 6.92 Å². The zero-order valence-electron chi connectivity index (χ0n) is 11.6. The number of aryl methyl sites for hydroxylation is 2. The lowest BCUT2D eigenvalue weighted by Crippen LogP contribution is -2.18. The lowest BCUT2D eigenvalue weighted by atomic mass is 10.1. The number of amides is 1. The van der Waals surface area contributed by atoms with Gasteiger partial charge >= 0.3 is 5.97 Å². The summed E-state index contributed by atoms with van der Waals surface area (Å²) in [5.41, 5.74) is 0.993. The van der Waals surface area contributed by atoms with E-state index in [1.165, 1.54) is 0 Å². The Bertz CT molecular complexity index is 533. The van der Waals surface area contributed by atoms with Gasteiger partial charge in [0.1, 0.15) is 0 Å². The SMILES string of the molecule is CCc1nn(C)cc1NC(=O)[C@@H]1[C@H](C(=O)O)C1(C)C. The van der Waals surface area contributed by atoms with Crippen molar-refractivity contribution in [2.24, 2.45) is 24.3 Å². The predicted octanol–water partition coefficient (Wildman–Crippen LogP) is 1.28. The highest BCUT2D eigenvalue weighted by molar-refractivity contribution is 5.99. The van der Waals surface area contributed by atoms with Crippen molar-refractivity contribution in [2.75, 3.05) is 5.32 Å². The van der Waals surface area contributed by atoms with Crippen LogP contribution in [0.25, 0.3) is 0 Å². The highest BCUT2D eigenvalue weighted by atomic mass is 16.4. The number of hydrogen-bond donors (Lipinski definition) is 2. The number of aromatic nitrogens is 2. The summed E-state index contributed by atoms with van der Waals surface area (Å²) in [6.45, 7) is 5.57. The molecule has 0 bridgehead atoms. The Hall–Kier alpha value is -1.85. The van der Waals surface area contributed by atoms with Crippen molar-refractivity contribution in [3.8, 4) is 0 Å².